The summed E-state index contributed by atoms with van der Waals surface area (Å²) in [4.78, 5) is 4.11. The standard InChI is InChI=1S/C14H9Cl4NS/c1-2-19-13-9(17)3-7(15)5-11(13)20-12-6-8(16)4-10(18)14(12)19/h3-6H,2H2,1H3. The summed E-state index contributed by atoms with van der Waals surface area (Å²) in [7, 11) is 0. The summed E-state index contributed by atoms with van der Waals surface area (Å²) in [5, 5.41) is 2.49. The Balaban J connectivity index is 2.27. The van der Waals surface area contributed by atoms with Crippen LogP contribution < -0.4 is 4.90 Å². The number of hydrogen-bond acceptors (Lipinski definition) is 2. The third kappa shape index (κ3) is 2.38. The van der Waals surface area contributed by atoms with E-state index in [1.807, 2.05) is 12.1 Å². The third-order valence-corrected chi connectivity index (χ3v) is 5.14. The average molecular weight is 365 g/mol. The molecule has 1 aliphatic rings. The maximum atomic E-state index is 6.36. The van der Waals surface area contributed by atoms with E-state index in [0.29, 0.717) is 20.1 Å². The van der Waals surface area contributed by atoms with Crippen LogP contribution in [0.25, 0.3) is 0 Å². The van der Waals surface area contributed by atoms with Gasteiger partial charge in [0.2, 0.25) is 0 Å². The molecular formula is C14H9Cl4NS. The van der Waals surface area contributed by atoms with Crippen LogP contribution in [-0.4, -0.2) is 6.54 Å². The lowest BCUT2D eigenvalue weighted by molar-refractivity contribution is 0.980. The van der Waals surface area contributed by atoms with Crippen molar-refractivity contribution in [3.05, 3.63) is 44.4 Å². The molecule has 20 heavy (non-hydrogen) atoms. The van der Waals surface area contributed by atoms with Crippen molar-refractivity contribution in [3.8, 4) is 0 Å². The topological polar surface area (TPSA) is 3.24 Å². The summed E-state index contributed by atoms with van der Waals surface area (Å²) < 4.78 is 0. The van der Waals surface area contributed by atoms with Crippen molar-refractivity contribution < 1.29 is 0 Å². The minimum atomic E-state index is 0.619. The molecule has 0 N–H and O–H groups in total. The van der Waals surface area contributed by atoms with E-state index in [9.17, 15) is 0 Å². The van der Waals surface area contributed by atoms with E-state index in [4.69, 9.17) is 46.4 Å². The molecule has 3 rings (SSSR count). The minimum absolute atomic E-state index is 0.619. The molecule has 0 saturated carbocycles. The van der Waals surface area contributed by atoms with Crippen molar-refractivity contribution in [1.82, 2.24) is 0 Å². The first-order chi connectivity index (χ1) is 9.51. The number of fused-ring (bicyclic) bond motifs is 2. The molecule has 0 fully saturated rings. The molecule has 6 heteroatoms. The Morgan fingerprint density at radius 3 is 1.70 bits per heavy atom. The molecule has 0 saturated heterocycles. The zero-order valence-corrected chi connectivity index (χ0v) is 14.2. The highest BCUT2D eigenvalue weighted by Crippen LogP contribution is 2.54. The van der Waals surface area contributed by atoms with Crippen molar-refractivity contribution in [1.29, 1.82) is 0 Å². The van der Waals surface area contributed by atoms with Crippen molar-refractivity contribution in [2.24, 2.45) is 0 Å². The van der Waals surface area contributed by atoms with Crippen LogP contribution in [-0.2, 0) is 0 Å². The highest BCUT2D eigenvalue weighted by Gasteiger charge is 2.27. The van der Waals surface area contributed by atoms with E-state index >= 15 is 0 Å². The van der Waals surface area contributed by atoms with Gasteiger partial charge < -0.3 is 4.90 Å². The fourth-order valence-electron chi connectivity index (χ4n) is 2.31. The maximum absolute atomic E-state index is 6.36. The Hall–Kier alpha value is -0.250. The molecule has 104 valence electrons. The van der Waals surface area contributed by atoms with Crippen LogP contribution in [0.5, 0.6) is 0 Å². The highest BCUT2D eigenvalue weighted by molar-refractivity contribution is 7.99. The number of anilines is 2. The molecule has 2 aromatic carbocycles. The summed E-state index contributed by atoms with van der Waals surface area (Å²) in [6.07, 6.45) is 0. The van der Waals surface area contributed by atoms with Crippen molar-refractivity contribution >= 4 is 69.5 Å². The second kappa shape index (κ2) is 5.51. The molecule has 0 aromatic heterocycles. The first kappa shape index (κ1) is 14.7. The van der Waals surface area contributed by atoms with Crippen molar-refractivity contribution in [2.45, 2.75) is 16.7 Å². The fraction of sp³-hybridized carbons (Fsp3) is 0.143. The highest BCUT2D eigenvalue weighted by atomic mass is 35.5. The third-order valence-electron chi connectivity index (χ3n) is 3.06. The second-order valence-corrected chi connectivity index (χ2v) is 7.09. The van der Waals surface area contributed by atoms with Gasteiger partial charge in [-0.05, 0) is 31.2 Å². The van der Waals surface area contributed by atoms with Crippen LogP contribution in [0.4, 0.5) is 11.4 Å². The van der Waals surface area contributed by atoms with Gasteiger partial charge in [0, 0.05) is 26.4 Å². The predicted octanol–water partition coefficient (Wildman–Crippen LogP) is 6.92. The van der Waals surface area contributed by atoms with Gasteiger partial charge in [0.15, 0.2) is 0 Å². The van der Waals surface area contributed by atoms with Gasteiger partial charge in [-0.25, -0.2) is 0 Å². The van der Waals surface area contributed by atoms with E-state index in [1.165, 1.54) is 0 Å². The van der Waals surface area contributed by atoms with Crippen LogP contribution >= 0.6 is 58.2 Å². The SMILES string of the molecule is CCN1c2c(Cl)cc(Cl)cc2Sc2cc(Cl)cc(Cl)c21. The van der Waals surface area contributed by atoms with Crippen molar-refractivity contribution in [2.75, 3.05) is 11.4 Å². The fourth-order valence-corrected chi connectivity index (χ4v) is 4.99. The summed E-state index contributed by atoms with van der Waals surface area (Å²) in [5.41, 5.74) is 1.89. The summed E-state index contributed by atoms with van der Waals surface area (Å²) in [5.74, 6) is 0. The molecular weight excluding hydrogens is 356 g/mol. The van der Waals surface area contributed by atoms with E-state index in [-0.39, 0.29) is 0 Å². The van der Waals surface area contributed by atoms with Gasteiger partial charge in [0.05, 0.1) is 21.4 Å². The molecule has 0 amide bonds. The van der Waals surface area contributed by atoms with Crippen LogP contribution in [0, 0.1) is 0 Å². The Bertz CT molecular complexity index is 645. The summed E-state index contributed by atoms with van der Waals surface area (Å²) in [6, 6.07) is 7.32. The largest absolute Gasteiger partial charge is 0.337 e. The first-order valence-corrected chi connectivity index (χ1v) is 8.27. The number of nitrogens with zero attached hydrogens (tertiary/aromatic N) is 1. The molecule has 2 aromatic rings. The monoisotopic (exact) mass is 363 g/mol. The molecule has 1 heterocycles. The zero-order chi connectivity index (χ0) is 14.4. The Morgan fingerprint density at radius 1 is 0.850 bits per heavy atom. The first-order valence-electron chi connectivity index (χ1n) is 5.94. The Morgan fingerprint density at radius 2 is 1.30 bits per heavy atom. The summed E-state index contributed by atoms with van der Waals surface area (Å²) in [6.45, 7) is 2.81. The van der Waals surface area contributed by atoms with Gasteiger partial charge in [-0.3, -0.25) is 0 Å². The van der Waals surface area contributed by atoms with Gasteiger partial charge in [0.25, 0.3) is 0 Å². The van der Waals surface area contributed by atoms with Gasteiger partial charge >= 0.3 is 0 Å². The number of hydrogen-bond donors (Lipinski definition) is 0. The Kier molecular flexibility index (Phi) is 4.04. The lowest BCUT2D eigenvalue weighted by Gasteiger charge is -2.33. The van der Waals surface area contributed by atoms with Crippen LogP contribution in [0.15, 0.2) is 34.1 Å². The minimum Gasteiger partial charge on any atom is -0.337 e. The predicted molar refractivity (Wildman–Crippen MR) is 89.7 cm³/mol. The lowest BCUT2D eigenvalue weighted by Crippen LogP contribution is -2.21. The van der Waals surface area contributed by atoms with Crippen LogP contribution in [0.1, 0.15) is 6.92 Å². The molecule has 0 radical (unpaired) electrons. The maximum Gasteiger partial charge on any atom is 0.0743 e. The van der Waals surface area contributed by atoms with E-state index in [0.717, 1.165) is 27.7 Å². The zero-order valence-electron chi connectivity index (χ0n) is 10.4. The molecule has 0 aliphatic carbocycles. The average Bonchev–Trinajstić information content (AvgIpc) is 2.35. The van der Waals surface area contributed by atoms with Crippen LogP contribution in [0.3, 0.4) is 0 Å². The van der Waals surface area contributed by atoms with Crippen molar-refractivity contribution in [3.63, 3.8) is 0 Å². The van der Waals surface area contributed by atoms with E-state index in [2.05, 4.69) is 11.8 Å². The Labute approximate surface area is 141 Å². The number of halogens is 4. The molecule has 0 spiro atoms. The second-order valence-electron chi connectivity index (χ2n) is 4.32. The van der Waals surface area contributed by atoms with Gasteiger partial charge in [-0.2, -0.15) is 0 Å². The molecule has 1 nitrogen and oxygen atoms in total. The number of benzene rings is 2. The molecule has 0 atom stereocenters. The van der Waals surface area contributed by atoms with Gasteiger partial charge in [0.1, 0.15) is 0 Å². The quantitative estimate of drug-likeness (QED) is 0.540. The molecule has 0 bridgehead atoms. The normalized spacial score (nSPS) is 13.2. The van der Waals surface area contributed by atoms with Crippen LogP contribution in [0.2, 0.25) is 20.1 Å². The van der Waals surface area contributed by atoms with Gasteiger partial charge in [-0.15, -0.1) is 0 Å². The van der Waals surface area contributed by atoms with E-state index < -0.39 is 0 Å². The molecule has 1 aliphatic heterocycles. The van der Waals surface area contributed by atoms with E-state index in [1.54, 1.807) is 23.9 Å². The lowest BCUT2D eigenvalue weighted by atomic mass is 10.2. The molecule has 0 unspecified atom stereocenters. The smallest absolute Gasteiger partial charge is 0.0743 e. The summed E-state index contributed by atoms with van der Waals surface area (Å²) >= 11 is 26.5. The number of rotatable bonds is 1. The van der Waals surface area contributed by atoms with Gasteiger partial charge in [-0.1, -0.05) is 58.2 Å².